The number of nitrogens with zero attached hydrogens (tertiary/aromatic N) is 2. The van der Waals surface area contributed by atoms with E-state index < -0.39 is 10.9 Å². The number of methoxy groups -OCH3 is 1. The van der Waals surface area contributed by atoms with Gasteiger partial charge < -0.3 is 9.64 Å². The molecular formula is C17H16N2O4. The average molecular weight is 312 g/mol. The van der Waals surface area contributed by atoms with Gasteiger partial charge in [-0.05, 0) is 29.7 Å². The maximum atomic E-state index is 11.8. The summed E-state index contributed by atoms with van der Waals surface area (Å²) in [5, 5.41) is 11.1. The van der Waals surface area contributed by atoms with Gasteiger partial charge in [0.25, 0.3) is 5.69 Å². The van der Waals surface area contributed by atoms with E-state index in [0.717, 1.165) is 18.7 Å². The minimum absolute atomic E-state index is 0.0196. The molecule has 0 unspecified atom stereocenters. The van der Waals surface area contributed by atoms with Gasteiger partial charge in [-0.2, -0.15) is 0 Å². The van der Waals surface area contributed by atoms with Gasteiger partial charge in [0.2, 0.25) is 0 Å². The van der Waals surface area contributed by atoms with Crippen LogP contribution in [0.4, 0.5) is 11.4 Å². The molecule has 2 aromatic carbocycles. The monoisotopic (exact) mass is 312 g/mol. The number of fused-ring (bicyclic) bond motifs is 1. The molecule has 1 heterocycles. The molecule has 1 aliphatic rings. The van der Waals surface area contributed by atoms with Crippen LogP contribution in [0.3, 0.4) is 0 Å². The maximum Gasteiger partial charge on any atom is 0.344 e. The number of carbonyl (C=O) groups is 1. The van der Waals surface area contributed by atoms with Crippen LogP contribution in [0.2, 0.25) is 0 Å². The molecule has 1 aliphatic heterocycles. The van der Waals surface area contributed by atoms with Crippen molar-refractivity contribution >= 4 is 17.3 Å². The van der Waals surface area contributed by atoms with Crippen molar-refractivity contribution in [3.05, 3.63) is 69.3 Å². The summed E-state index contributed by atoms with van der Waals surface area (Å²) in [6.07, 6.45) is 0.903. The van der Waals surface area contributed by atoms with E-state index >= 15 is 0 Å². The van der Waals surface area contributed by atoms with Crippen molar-refractivity contribution in [3.8, 4) is 0 Å². The number of ether oxygens (including phenoxy) is 1. The van der Waals surface area contributed by atoms with E-state index in [2.05, 4.69) is 21.8 Å². The Morgan fingerprint density at radius 2 is 1.96 bits per heavy atom. The first-order valence-electron chi connectivity index (χ1n) is 7.28. The van der Waals surface area contributed by atoms with Gasteiger partial charge >= 0.3 is 5.97 Å². The van der Waals surface area contributed by atoms with Gasteiger partial charge in [0.1, 0.15) is 5.56 Å². The lowest BCUT2D eigenvalue weighted by molar-refractivity contribution is -0.385. The van der Waals surface area contributed by atoms with Crippen LogP contribution in [-0.4, -0.2) is 24.5 Å². The molecular weight excluding hydrogens is 296 g/mol. The zero-order chi connectivity index (χ0) is 16.4. The number of nitro groups is 1. The zero-order valence-electron chi connectivity index (χ0n) is 12.7. The van der Waals surface area contributed by atoms with Gasteiger partial charge in [0.05, 0.1) is 12.0 Å². The number of anilines is 1. The first-order valence-corrected chi connectivity index (χ1v) is 7.28. The van der Waals surface area contributed by atoms with Crippen LogP contribution in [0, 0.1) is 10.1 Å². The Hall–Kier alpha value is -2.89. The topological polar surface area (TPSA) is 72.7 Å². The molecule has 3 rings (SSSR count). The van der Waals surface area contributed by atoms with Crippen LogP contribution >= 0.6 is 0 Å². The molecule has 23 heavy (non-hydrogen) atoms. The van der Waals surface area contributed by atoms with Crippen molar-refractivity contribution in [3.63, 3.8) is 0 Å². The molecule has 0 radical (unpaired) electrons. The third-order valence-corrected chi connectivity index (χ3v) is 4.08. The summed E-state index contributed by atoms with van der Waals surface area (Å²) in [6, 6.07) is 12.8. The van der Waals surface area contributed by atoms with E-state index in [0.29, 0.717) is 6.54 Å². The molecule has 6 heteroatoms. The van der Waals surface area contributed by atoms with Gasteiger partial charge in [-0.3, -0.25) is 10.1 Å². The van der Waals surface area contributed by atoms with E-state index in [1.54, 1.807) is 6.07 Å². The minimum Gasteiger partial charge on any atom is -0.465 e. The number of hydrogen-bond donors (Lipinski definition) is 0. The number of carbonyl (C=O) groups excluding carboxylic acids is 1. The predicted octanol–water partition coefficient (Wildman–Crippen LogP) is 2.94. The lowest BCUT2D eigenvalue weighted by Crippen LogP contribution is -2.30. The summed E-state index contributed by atoms with van der Waals surface area (Å²) in [7, 11) is 1.22. The lowest BCUT2D eigenvalue weighted by Gasteiger charge is -2.30. The second kappa shape index (κ2) is 6.08. The average Bonchev–Trinajstić information content (AvgIpc) is 2.60. The van der Waals surface area contributed by atoms with Gasteiger partial charge in [-0.25, -0.2) is 4.79 Å². The standard InChI is InChI=1S/C17H16N2O4/c1-23-17(20)15-10-14(6-7-16(15)19(21)22)18-9-8-12-4-2-3-5-13(12)11-18/h2-7,10H,8-9,11H2,1H3. The van der Waals surface area contributed by atoms with Gasteiger partial charge in [-0.1, -0.05) is 24.3 Å². The van der Waals surface area contributed by atoms with Crippen LogP contribution in [0.5, 0.6) is 0 Å². The van der Waals surface area contributed by atoms with Crippen LogP contribution in [0.15, 0.2) is 42.5 Å². The molecule has 0 N–H and O–H groups in total. The Morgan fingerprint density at radius 3 is 2.65 bits per heavy atom. The lowest BCUT2D eigenvalue weighted by atomic mass is 9.99. The highest BCUT2D eigenvalue weighted by molar-refractivity contribution is 5.95. The SMILES string of the molecule is COC(=O)c1cc(N2CCc3ccccc3C2)ccc1[N+](=O)[O-]. The second-order valence-electron chi connectivity index (χ2n) is 5.39. The Morgan fingerprint density at radius 1 is 1.22 bits per heavy atom. The van der Waals surface area contributed by atoms with Crippen molar-refractivity contribution in [2.45, 2.75) is 13.0 Å². The normalized spacial score (nSPS) is 13.3. The van der Waals surface area contributed by atoms with Crippen LogP contribution in [0.1, 0.15) is 21.5 Å². The second-order valence-corrected chi connectivity index (χ2v) is 5.39. The summed E-state index contributed by atoms with van der Waals surface area (Å²) < 4.78 is 4.66. The highest BCUT2D eigenvalue weighted by Gasteiger charge is 2.24. The maximum absolute atomic E-state index is 11.8. The van der Waals surface area contributed by atoms with Crippen LogP contribution < -0.4 is 4.90 Å². The number of rotatable bonds is 3. The largest absolute Gasteiger partial charge is 0.465 e. The van der Waals surface area contributed by atoms with Gasteiger partial charge in [0.15, 0.2) is 0 Å². The fourth-order valence-corrected chi connectivity index (χ4v) is 2.87. The number of nitro benzene ring substituents is 1. The van der Waals surface area contributed by atoms with Gasteiger partial charge in [0, 0.05) is 24.8 Å². The Kier molecular flexibility index (Phi) is 3.97. The fourth-order valence-electron chi connectivity index (χ4n) is 2.87. The highest BCUT2D eigenvalue weighted by Crippen LogP contribution is 2.29. The van der Waals surface area contributed by atoms with Crippen LogP contribution in [0.25, 0.3) is 0 Å². The summed E-state index contributed by atoms with van der Waals surface area (Å²) >= 11 is 0. The molecule has 0 bridgehead atoms. The number of hydrogen-bond acceptors (Lipinski definition) is 5. The zero-order valence-corrected chi connectivity index (χ0v) is 12.7. The summed E-state index contributed by atoms with van der Waals surface area (Å²) in [5.74, 6) is -0.698. The number of esters is 1. The van der Waals surface area contributed by atoms with Gasteiger partial charge in [-0.15, -0.1) is 0 Å². The molecule has 0 saturated heterocycles. The molecule has 6 nitrogen and oxygen atoms in total. The first-order chi connectivity index (χ1) is 11.1. The summed E-state index contributed by atoms with van der Waals surface area (Å²) in [5.41, 5.74) is 3.08. The summed E-state index contributed by atoms with van der Waals surface area (Å²) in [6.45, 7) is 1.52. The van der Waals surface area contributed by atoms with Crippen molar-refractivity contribution in [2.24, 2.45) is 0 Å². The molecule has 0 aliphatic carbocycles. The smallest absolute Gasteiger partial charge is 0.344 e. The van der Waals surface area contributed by atoms with Crippen molar-refractivity contribution in [1.82, 2.24) is 0 Å². The number of benzene rings is 2. The third-order valence-electron chi connectivity index (χ3n) is 4.08. The van der Waals surface area contributed by atoms with Crippen LogP contribution in [-0.2, 0) is 17.7 Å². The molecule has 0 spiro atoms. The highest BCUT2D eigenvalue weighted by atomic mass is 16.6. The molecule has 118 valence electrons. The Labute approximate surface area is 133 Å². The molecule has 0 saturated carbocycles. The minimum atomic E-state index is -0.698. The molecule has 0 fully saturated rings. The quantitative estimate of drug-likeness (QED) is 0.495. The predicted molar refractivity (Wildman–Crippen MR) is 85.6 cm³/mol. The molecule has 2 aromatic rings. The third kappa shape index (κ3) is 2.88. The van der Waals surface area contributed by atoms with Crippen molar-refractivity contribution < 1.29 is 14.5 Å². The fraction of sp³-hybridized carbons (Fsp3) is 0.235. The first kappa shape index (κ1) is 15.0. The van der Waals surface area contributed by atoms with E-state index in [1.165, 1.54) is 30.4 Å². The van der Waals surface area contributed by atoms with Crippen molar-refractivity contribution in [1.29, 1.82) is 0 Å². The van der Waals surface area contributed by atoms with E-state index in [1.807, 2.05) is 12.1 Å². The summed E-state index contributed by atoms with van der Waals surface area (Å²) in [4.78, 5) is 24.4. The Bertz CT molecular complexity index is 773. The Balaban J connectivity index is 1.95. The van der Waals surface area contributed by atoms with Crippen molar-refractivity contribution in [2.75, 3.05) is 18.6 Å². The van der Waals surface area contributed by atoms with E-state index in [4.69, 9.17) is 0 Å². The molecule has 0 amide bonds. The molecule has 0 atom stereocenters. The van der Waals surface area contributed by atoms with E-state index in [-0.39, 0.29) is 11.3 Å². The molecule has 0 aromatic heterocycles. The van der Waals surface area contributed by atoms with E-state index in [9.17, 15) is 14.9 Å².